The monoisotopic (exact) mass is 478 g/mol. The number of thioether (sulfide) groups is 1. The lowest BCUT2D eigenvalue weighted by Crippen LogP contribution is -2.14. The van der Waals surface area contributed by atoms with E-state index in [0.717, 1.165) is 22.6 Å². The number of nitrogens with one attached hydrogen (secondary N) is 1. The lowest BCUT2D eigenvalue weighted by molar-refractivity contribution is -0.113. The number of ether oxygens (including phenoxy) is 1. The molecule has 8 heteroatoms. The Hall–Kier alpha value is -3.29. The van der Waals surface area contributed by atoms with Crippen LogP contribution in [-0.4, -0.2) is 33.0 Å². The molecule has 1 amide bonds. The van der Waals surface area contributed by atoms with Gasteiger partial charge in [-0.2, -0.15) is 0 Å². The molecule has 0 unspecified atom stereocenters. The average molecular weight is 479 g/mol. The van der Waals surface area contributed by atoms with Gasteiger partial charge in [0.15, 0.2) is 11.0 Å². The summed E-state index contributed by atoms with van der Waals surface area (Å²) >= 11 is 7.53. The van der Waals surface area contributed by atoms with Crippen LogP contribution in [-0.2, 0) is 4.79 Å². The number of hydrogen-bond acceptors (Lipinski definition) is 5. The molecule has 0 aliphatic rings. The minimum absolute atomic E-state index is 0.132. The van der Waals surface area contributed by atoms with Gasteiger partial charge in [0, 0.05) is 22.0 Å². The van der Waals surface area contributed by atoms with Crippen LogP contribution in [0.4, 0.5) is 5.69 Å². The molecule has 0 fully saturated rings. The zero-order valence-corrected chi connectivity index (χ0v) is 19.9. The van der Waals surface area contributed by atoms with Crippen LogP contribution in [0.1, 0.15) is 12.5 Å². The van der Waals surface area contributed by atoms with Crippen molar-refractivity contribution in [2.45, 2.75) is 19.0 Å². The number of halogens is 1. The highest BCUT2D eigenvalue weighted by Gasteiger charge is 2.17. The summed E-state index contributed by atoms with van der Waals surface area (Å²) in [5.74, 6) is 1.49. The zero-order chi connectivity index (χ0) is 23.2. The van der Waals surface area contributed by atoms with Gasteiger partial charge in [0.2, 0.25) is 5.91 Å². The number of nitrogens with zero attached hydrogens (tertiary/aromatic N) is 3. The lowest BCUT2D eigenvalue weighted by Gasteiger charge is -2.11. The van der Waals surface area contributed by atoms with Gasteiger partial charge < -0.3 is 10.1 Å². The van der Waals surface area contributed by atoms with E-state index in [9.17, 15) is 4.79 Å². The lowest BCUT2D eigenvalue weighted by atomic mass is 10.2. The first-order valence-electron chi connectivity index (χ1n) is 10.5. The maximum atomic E-state index is 12.6. The van der Waals surface area contributed by atoms with Crippen LogP contribution in [0.2, 0.25) is 5.02 Å². The van der Waals surface area contributed by atoms with Crippen LogP contribution in [0.15, 0.2) is 78.0 Å². The second-order valence-corrected chi connectivity index (χ2v) is 8.66. The Morgan fingerprint density at radius 1 is 1.06 bits per heavy atom. The molecule has 0 aliphatic carbocycles. The van der Waals surface area contributed by atoms with E-state index in [1.807, 2.05) is 91.2 Å². The molecule has 1 aromatic heterocycles. The predicted octanol–water partition coefficient (Wildman–Crippen LogP) is 6.03. The second-order valence-electron chi connectivity index (χ2n) is 7.28. The van der Waals surface area contributed by atoms with E-state index in [1.54, 1.807) is 0 Å². The fourth-order valence-electron chi connectivity index (χ4n) is 3.23. The van der Waals surface area contributed by atoms with Crippen LogP contribution in [0.5, 0.6) is 5.75 Å². The van der Waals surface area contributed by atoms with E-state index < -0.39 is 0 Å². The van der Waals surface area contributed by atoms with Gasteiger partial charge in [-0.25, -0.2) is 0 Å². The van der Waals surface area contributed by atoms with Crippen LogP contribution in [0.3, 0.4) is 0 Å². The summed E-state index contributed by atoms with van der Waals surface area (Å²) in [6, 6.07) is 22.9. The molecule has 0 saturated carbocycles. The van der Waals surface area contributed by atoms with Gasteiger partial charge in [-0.3, -0.25) is 9.36 Å². The van der Waals surface area contributed by atoms with E-state index in [1.165, 1.54) is 11.8 Å². The Bertz CT molecular complexity index is 1240. The summed E-state index contributed by atoms with van der Waals surface area (Å²) in [6.45, 7) is 4.57. The first-order chi connectivity index (χ1) is 16.0. The molecule has 33 heavy (non-hydrogen) atoms. The van der Waals surface area contributed by atoms with E-state index in [-0.39, 0.29) is 11.7 Å². The molecule has 4 aromatic rings. The molecular weight excluding hydrogens is 456 g/mol. The van der Waals surface area contributed by atoms with Crippen molar-refractivity contribution in [2.24, 2.45) is 0 Å². The van der Waals surface area contributed by atoms with Crippen LogP contribution < -0.4 is 10.1 Å². The Kier molecular flexibility index (Phi) is 7.32. The van der Waals surface area contributed by atoms with Crippen molar-refractivity contribution in [2.75, 3.05) is 17.7 Å². The van der Waals surface area contributed by atoms with Crippen LogP contribution in [0, 0.1) is 6.92 Å². The molecule has 0 bridgehead atoms. The summed E-state index contributed by atoms with van der Waals surface area (Å²) in [6.07, 6.45) is 0. The van der Waals surface area contributed by atoms with Crippen molar-refractivity contribution in [3.8, 4) is 22.8 Å². The zero-order valence-electron chi connectivity index (χ0n) is 18.3. The van der Waals surface area contributed by atoms with Crippen molar-refractivity contribution >= 4 is 35.0 Å². The fraction of sp³-hybridized carbons (Fsp3) is 0.160. The van der Waals surface area contributed by atoms with Crippen molar-refractivity contribution in [1.82, 2.24) is 14.8 Å². The van der Waals surface area contributed by atoms with Gasteiger partial charge in [0.05, 0.1) is 12.4 Å². The minimum Gasteiger partial charge on any atom is -0.494 e. The first-order valence-corrected chi connectivity index (χ1v) is 11.8. The molecule has 0 saturated heterocycles. The van der Waals surface area contributed by atoms with E-state index >= 15 is 0 Å². The van der Waals surface area contributed by atoms with Gasteiger partial charge >= 0.3 is 0 Å². The topological polar surface area (TPSA) is 69.0 Å². The minimum atomic E-state index is -0.132. The predicted molar refractivity (Wildman–Crippen MR) is 134 cm³/mol. The van der Waals surface area contributed by atoms with Crippen LogP contribution >= 0.6 is 23.4 Å². The Morgan fingerprint density at radius 3 is 2.52 bits per heavy atom. The average Bonchev–Trinajstić information content (AvgIpc) is 3.24. The molecular formula is C25H23ClN4O2S. The van der Waals surface area contributed by atoms with Gasteiger partial charge in [-0.1, -0.05) is 53.2 Å². The standard InChI is InChI=1S/C25H23ClN4O2S/c1-3-32-22-13-9-20(10-14-22)27-23(31)16-33-25-29-28-24(18-5-4-6-19(26)15-18)30(25)21-11-7-17(2)8-12-21/h4-15H,3,16H2,1-2H3,(H,27,31). The summed E-state index contributed by atoms with van der Waals surface area (Å²) in [5, 5.41) is 12.9. The molecule has 3 aromatic carbocycles. The third-order valence-corrected chi connectivity index (χ3v) is 5.95. The third-order valence-electron chi connectivity index (χ3n) is 4.79. The molecule has 0 radical (unpaired) electrons. The summed E-state index contributed by atoms with van der Waals surface area (Å²) < 4.78 is 7.38. The Morgan fingerprint density at radius 2 is 1.82 bits per heavy atom. The molecule has 0 aliphatic heterocycles. The molecule has 1 heterocycles. The van der Waals surface area contributed by atoms with Gasteiger partial charge in [-0.05, 0) is 62.4 Å². The number of aryl methyl sites for hydroxylation is 1. The van der Waals surface area contributed by atoms with Gasteiger partial charge in [0.1, 0.15) is 5.75 Å². The molecule has 4 rings (SSSR count). The second kappa shape index (κ2) is 10.6. The van der Waals surface area contributed by atoms with Crippen LogP contribution in [0.25, 0.3) is 17.1 Å². The largest absolute Gasteiger partial charge is 0.494 e. The number of benzene rings is 3. The quantitative estimate of drug-likeness (QED) is 0.313. The summed E-state index contributed by atoms with van der Waals surface area (Å²) in [4.78, 5) is 12.6. The van der Waals surface area contributed by atoms with E-state index in [2.05, 4.69) is 15.5 Å². The number of rotatable bonds is 8. The van der Waals surface area contributed by atoms with Crippen molar-refractivity contribution < 1.29 is 9.53 Å². The number of aromatic nitrogens is 3. The Labute approximate surface area is 202 Å². The maximum absolute atomic E-state index is 12.6. The first kappa shape index (κ1) is 22.9. The molecule has 1 N–H and O–H groups in total. The number of hydrogen-bond donors (Lipinski definition) is 1. The highest BCUT2D eigenvalue weighted by Crippen LogP contribution is 2.29. The number of amides is 1. The molecule has 168 valence electrons. The van der Waals surface area contributed by atoms with Gasteiger partial charge in [-0.15, -0.1) is 10.2 Å². The summed E-state index contributed by atoms with van der Waals surface area (Å²) in [7, 11) is 0. The van der Waals surface area contributed by atoms with E-state index in [4.69, 9.17) is 16.3 Å². The maximum Gasteiger partial charge on any atom is 0.234 e. The fourth-order valence-corrected chi connectivity index (χ4v) is 4.18. The molecule has 0 atom stereocenters. The number of carbonyl (C=O) groups excluding carboxylic acids is 1. The number of carbonyl (C=O) groups is 1. The van der Waals surface area contributed by atoms with Gasteiger partial charge in [0.25, 0.3) is 0 Å². The highest BCUT2D eigenvalue weighted by molar-refractivity contribution is 7.99. The van der Waals surface area contributed by atoms with Crippen molar-refractivity contribution in [3.05, 3.63) is 83.4 Å². The number of anilines is 1. The SMILES string of the molecule is CCOc1ccc(NC(=O)CSc2nnc(-c3cccc(Cl)c3)n2-c2ccc(C)cc2)cc1. The Balaban J connectivity index is 1.54. The normalized spacial score (nSPS) is 10.8. The molecule has 6 nitrogen and oxygen atoms in total. The van der Waals surface area contributed by atoms with E-state index in [0.29, 0.717) is 28.3 Å². The van der Waals surface area contributed by atoms with Crippen molar-refractivity contribution in [3.63, 3.8) is 0 Å². The summed E-state index contributed by atoms with van der Waals surface area (Å²) in [5.41, 5.74) is 3.62. The van der Waals surface area contributed by atoms with Crippen molar-refractivity contribution in [1.29, 1.82) is 0 Å². The third kappa shape index (κ3) is 5.74. The smallest absolute Gasteiger partial charge is 0.234 e. The molecule has 0 spiro atoms. The highest BCUT2D eigenvalue weighted by atomic mass is 35.5.